The van der Waals surface area contributed by atoms with Gasteiger partial charge in [-0.25, -0.2) is 9.97 Å². The summed E-state index contributed by atoms with van der Waals surface area (Å²) in [6.07, 6.45) is 5.26. The zero-order valence-corrected chi connectivity index (χ0v) is 11.5. The smallest absolute Gasteiger partial charge is 0.204 e. The van der Waals surface area contributed by atoms with Gasteiger partial charge in [0.05, 0.1) is 7.11 Å². The van der Waals surface area contributed by atoms with E-state index in [2.05, 4.69) is 26.8 Å². The molecule has 2 N–H and O–H groups in total. The third kappa shape index (κ3) is 2.10. The highest BCUT2D eigenvalue weighted by Gasteiger charge is 2.35. The number of likely N-dealkylation sites (N-methyl/N-ethyl adjacent to an activating group) is 1. The van der Waals surface area contributed by atoms with Crippen LogP contribution >= 0.6 is 0 Å². The molecular formula is C13H21N5O. The molecule has 3 heterocycles. The summed E-state index contributed by atoms with van der Waals surface area (Å²) in [4.78, 5) is 13.2. The lowest BCUT2D eigenvalue weighted by Gasteiger charge is -2.27. The van der Waals surface area contributed by atoms with Gasteiger partial charge in [0.1, 0.15) is 6.33 Å². The van der Waals surface area contributed by atoms with Crippen LogP contribution in [0.4, 0.5) is 11.6 Å². The van der Waals surface area contributed by atoms with E-state index in [0.717, 1.165) is 18.9 Å². The molecule has 1 aromatic rings. The third-order valence-corrected chi connectivity index (χ3v) is 4.46. The van der Waals surface area contributed by atoms with Crippen molar-refractivity contribution in [3.05, 3.63) is 6.33 Å². The zero-order chi connectivity index (χ0) is 13.4. The van der Waals surface area contributed by atoms with Crippen LogP contribution in [0.15, 0.2) is 6.33 Å². The number of hydrogen-bond donors (Lipinski definition) is 1. The van der Waals surface area contributed by atoms with Crippen LogP contribution in [-0.4, -0.2) is 54.2 Å². The number of ether oxygens (including phenoxy) is 1. The molecule has 2 atom stereocenters. The van der Waals surface area contributed by atoms with Gasteiger partial charge in [-0.3, -0.25) is 4.90 Å². The summed E-state index contributed by atoms with van der Waals surface area (Å²) in [5.74, 6) is 1.84. The fourth-order valence-corrected chi connectivity index (χ4v) is 3.30. The van der Waals surface area contributed by atoms with E-state index >= 15 is 0 Å². The first kappa shape index (κ1) is 12.5. The molecule has 0 radical (unpaired) electrons. The molecule has 2 bridgehead atoms. The van der Waals surface area contributed by atoms with Crippen LogP contribution in [0.5, 0.6) is 5.75 Å². The van der Waals surface area contributed by atoms with Gasteiger partial charge in [-0.15, -0.1) is 0 Å². The number of nitrogens with two attached hydrogens (primary N) is 1. The first-order chi connectivity index (χ1) is 9.20. The van der Waals surface area contributed by atoms with Gasteiger partial charge in [0.25, 0.3) is 0 Å². The lowest BCUT2D eigenvalue weighted by molar-refractivity contribution is 0.254. The Morgan fingerprint density at radius 2 is 2.05 bits per heavy atom. The van der Waals surface area contributed by atoms with Crippen LogP contribution in [0.3, 0.4) is 0 Å². The second kappa shape index (κ2) is 4.85. The monoisotopic (exact) mass is 263 g/mol. The number of anilines is 2. The second-order valence-corrected chi connectivity index (χ2v) is 5.40. The van der Waals surface area contributed by atoms with Gasteiger partial charge in [0.15, 0.2) is 11.6 Å². The van der Waals surface area contributed by atoms with E-state index < -0.39 is 0 Å². The molecule has 2 fully saturated rings. The quantitative estimate of drug-likeness (QED) is 0.849. The summed E-state index contributed by atoms with van der Waals surface area (Å²) in [7, 11) is 3.85. The standard InChI is InChI=1S/C13H21N5O/c1-17-9-3-4-10(17)7-18(6-5-9)13-11(19-2)12(14)15-8-16-13/h8-10H,3-7H2,1-2H3,(H2,14,15,16). The largest absolute Gasteiger partial charge is 0.490 e. The maximum atomic E-state index is 5.87. The number of rotatable bonds is 2. The van der Waals surface area contributed by atoms with Crippen LogP contribution in [0, 0.1) is 0 Å². The van der Waals surface area contributed by atoms with E-state index in [0.29, 0.717) is 23.7 Å². The average molecular weight is 263 g/mol. The maximum absolute atomic E-state index is 5.87. The van der Waals surface area contributed by atoms with Crippen molar-refractivity contribution in [2.75, 3.05) is 37.9 Å². The second-order valence-electron chi connectivity index (χ2n) is 5.40. The van der Waals surface area contributed by atoms with Crippen molar-refractivity contribution in [1.29, 1.82) is 0 Å². The first-order valence-electron chi connectivity index (χ1n) is 6.82. The molecule has 1 aromatic heterocycles. The molecule has 2 saturated heterocycles. The first-order valence-corrected chi connectivity index (χ1v) is 6.82. The fourth-order valence-electron chi connectivity index (χ4n) is 3.30. The number of nitrogen functional groups attached to an aromatic ring is 1. The Labute approximate surface area is 113 Å². The third-order valence-electron chi connectivity index (χ3n) is 4.46. The van der Waals surface area contributed by atoms with Gasteiger partial charge >= 0.3 is 0 Å². The molecule has 0 aliphatic carbocycles. The predicted octanol–water partition coefficient (Wildman–Crippen LogP) is 0.740. The SMILES string of the molecule is COc1c(N)ncnc1N1CCC2CCC(C1)N2C. The van der Waals surface area contributed by atoms with Crippen molar-refractivity contribution in [3.63, 3.8) is 0 Å². The number of fused-ring (bicyclic) bond motifs is 2. The molecule has 2 unspecified atom stereocenters. The summed E-state index contributed by atoms with van der Waals surface area (Å²) in [5, 5.41) is 0. The number of nitrogens with zero attached hydrogens (tertiary/aromatic N) is 4. The highest BCUT2D eigenvalue weighted by Crippen LogP contribution is 2.35. The lowest BCUT2D eigenvalue weighted by atomic mass is 10.1. The maximum Gasteiger partial charge on any atom is 0.204 e. The van der Waals surface area contributed by atoms with Crippen LogP contribution in [0.2, 0.25) is 0 Å². The van der Waals surface area contributed by atoms with Gasteiger partial charge in [0, 0.05) is 25.2 Å². The van der Waals surface area contributed by atoms with Crippen molar-refractivity contribution >= 4 is 11.6 Å². The topological polar surface area (TPSA) is 67.5 Å². The summed E-state index contributed by atoms with van der Waals surface area (Å²) in [5.41, 5.74) is 5.87. The number of hydrogen-bond acceptors (Lipinski definition) is 6. The Kier molecular flexibility index (Phi) is 3.18. The van der Waals surface area contributed by atoms with Crippen molar-refractivity contribution in [3.8, 4) is 5.75 Å². The predicted molar refractivity (Wildman–Crippen MR) is 74.4 cm³/mol. The molecule has 0 amide bonds. The molecule has 0 spiro atoms. The molecular weight excluding hydrogens is 242 g/mol. The van der Waals surface area contributed by atoms with Gasteiger partial charge in [-0.2, -0.15) is 0 Å². The van der Waals surface area contributed by atoms with Crippen molar-refractivity contribution in [2.45, 2.75) is 31.3 Å². The van der Waals surface area contributed by atoms with E-state index in [1.807, 2.05) is 0 Å². The lowest BCUT2D eigenvalue weighted by Crippen LogP contribution is -2.37. The Bertz CT molecular complexity index is 466. The summed E-state index contributed by atoms with van der Waals surface area (Å²) in [6, 6.07) is 1.31. The normalized spacial score (nSPS) is 27.4. The van der Waals surface area contributed by atoms with E-state index in [4.69, 9.17) is 10.5 Å². The van der Waals surface area contributed by atoms with Gasteiger partial charge in [-0.1, -0.05) is 0 Å². The van der Waals surface area contributed by atoms with Crippen LogP contribution in [0.25, 0.3) is 0 Å². The molecule has 2 aliphatic heterocycles. The van der Waals surface area contributed by atoms with Crippen LogP contribution < -0.4 is 15.4 Å². The number of aromatic nitrogens is 2. The van der Waals surface area contributed by atoms with Gasteiger partial charge < -0.3 is 15.4 Å². The Hall–Kier alpha value is -1.56. The minimum absolute atomic E-state index is 0.412. The summed E-state index contributed by atoms with van der Waals surface area (Å²) in [6.45, 7) is 1.98. The summed E-state index contributed by atoms with van der Waals surface area (Å²) < 4.78 is 5.37. The molecule has 3 rings (SSSR count). The fraction of sp³-hybridized carbons (Fsp3) is 0.692. The number of methoxy groups -OCH3 is 1. The van der Waals surface area contributed by atoms with E-state index in [-0.39, 0.29) is 0 Å². The van der Waals surface area contributed by atoms with Gasteiger partial charge in [-0.05, 0) is 26.3 Å². The Morgan fingerprint density at radius 3 is 2.84 bits per heavy atom. The molecule has 19 heavy (non-hydrogen) atoms. The zero-order valence-electron chi connectivity index (χ0n) is 11.5. The molecule has 0 saturated carbocycles. The van der Waals surface area contributed by atoms with E-state index in [9.17, 15) is 0 Å². The van der Waals surface area contributed by atoms with E-state index in [1.165, 1.54) is 25.6 Å². The summed E-state index contributed by atoms with van der Waals surface area (Å²) >= 11 is 0. The van der Waals surface area contributed by atoms with Crippen molar-refractivity contribution in [2.24, 2.45) is 0 Å². The van der Waals surface area contributed by atoms with Crippen LogP contribution in [0.1, 0.15) is 19.3 Å². The van der Waals surface area contributed by atoms with Crippen molar-refractivity contribution < 1.29 is 4.74 Å². The minimum atomic E-state index is 0.412. The molecule has 0 aromatic carbocycles. The average Bonchev–Trinajstić information content (AvgIpc) is 2.63. The highest BCUT2D eigenvalue weighted by atomic mass is 16.5. The molecule has 104 valence electrons. The molecule has 2 aliphatic rings. The van der Waals surface area contributed by atoms with E-state index in [1.54, 1.807) is 7.11 Å². The Morgan fingerprint density at radius 1 is 1.26 bits per heavy atom. The minimum Gasteiger partial charge on any atom is -0.490 e. The molecule has 6 nitrogen and oxygen atoms in total. The Balaban J connectivity index is 1.89. The highest BCUT2D eigenvalue weighted by molar-refractivity contribution is 5.62. The van der Waals surface area contributed by atoms with Gasteiger partial charge in [0.2, 0.25) is 5.75 Å². The van der Waals surface area contributed by atoms with Crippen molar-refractivity contribution in [1.82, 2.24) is 14.9 Å². The molecule has 6 heteroatoms. The van der Waals surface area contributed by atoms with Crippen LogP contribution in [-0.2, 0) is 0 Å².